The lowest BCUT2D eigenvalue weighted by Crippen LogP contribution is -2.66. The first-order valence-electron chi connectivity index (χ1n) is 7.20. The number of nitrogens with zero attached hydrogens (tertiary/aromatic N) is 1. The van der Waals surface area contributed by atoms with Crippen molar-refractivity contribution in [2.75, 3.05) is 26.2 Å². The Bertz CT molecular complexity index is 534. The Morgan fingerprint density at radius 1 is 1.29 bits per heavy atom. The Balaban J connectivity index is 1.69. The van der Waals surface area contributed by atoms with E-state index in [-0.39, 0.29) is 12.5 Å². The maximum Gasteiger partial charge on any atom is 0.411 e. The van der Waals surface area contributed by atoms with Crippen molar-refractivity contribution in [3.05, 3.63) is 35.9 Å². The van der Waals surface area contributed by atoms with E-state index in [9.17, 15) is 9.59 Å². The average molecular weight is 289 g/mol. The second-order valence-electron chi connectivity index (χ2n) is 5.41. The van der Waals surface area contributed by atoms with Gasteiger partial charge in [0.1, 0.15) is 12.1 Å². The van der Waals surface area contributed by atoms with Gasteiger partial charge in [0.2, 0.25) is 5.91 Å². The maximum absolute atomic E-state index is 12.4. The highest BCUT2D eigenvalue weighted by Crippen LogP contribution is 2.27. The molecule has 2 N–H and O–H groups in total. The monoisotopic (exact) mass is 289 g/mol. The molecule has 0 saturated carbocycles. The number of nitrogens with one attached hydrogen (secondary N) is 2. The molecule has 1 aromatic carbocycles. The molecule has 2 heterocycles. The zero-order chi connectivity index (χ0) is 14.7. The van der Waals surface area contributed by atoms with Crippen molar-refractivity contribution in [2.24, 2.45) is 0 Å². The molecule has 0 aromatic heterocycles. The number of carbonyl (C=O) groups is 2. The number of carbonyl (C=O) groups excluding carboxylic acids is 2. The third kappa shape index (κ3) is 2.58. The molecule has 0 radical (unpaired) electrons. The Morgan fingerprint density at radius 3 is 2.81 bits per heavy atom. The minimum absolute atomic E-state index is 0.0913. The summed E-state index contributed by atoms with van der Waals surface area (Å²) in [6, 6.07) is 9.53. The summed E-state index contributed by atoms with van der Waals surface area (Å²) in [5, 5.41) is 6.01. The molecule has 2 fully saturated rings. The molecule has 1 unspecified atom stereocenters. The molecule has 1 atom stereocenters. The van der Waals surface area contributed by atoms with Gasteiger partial charge >= 0.3 is 6.09 Å². The Hall–Kier alpha value is -2.08. The molecule has 0 bridgehead atoms. The van der Waals surface area contributed by atoms with Crippen molar-refractivity contribution in [1.82, 2.24) is 15.5 Å². The lowest BCUT2D eigenvalue weighted by atomic mass is 9.93. The molecular weight excluding hydrogens is 270 g/mol. The lowest BCUT2D eigenvalue weighted by molar-refractivity contribution is -0.130. The summed E-state index contributed by atoms with van der Waals surface area (Å²) < 4.78 is 5.38. The molecule has 112 valence electrons. The number of hydrogen-bond donors (Lipinski definition) is 2. The fraction of sp³-hybridized carbons (Fsp3) is 0.467. The van der Waals surface area contributed by atoms with Crippen LogP contribution in [0.15, 0.2) is 30.3 Å². The van der Waals surface area contributed by atoms with Crippen molar-refractivity contribution in [2.45, 2.75) is 18.6 Å². The van der Waals surface area contributed by atoms with Crippen molar-refractivity contribution < 1.29 is 14.3 Å². The predicted octanol–water partition coefficient (Wildman–Crippen LogP) is 0.487. The third-order valence-electron chi connectivity index (χ3n) is 4.12. The van der Waals surface area contributed by atoms with Crippen LogP contribution in [0.25, 0.3) is 0 Å². The van der Waals surface area contributed by atoms with Crippen LogP contribution in [-0.2, 0) is 16.1 Å². The normalized spacial score (nSPS) is 25.0. The molecule has 2 amide bonds. The van der Waals surface area contributed by atoms with Gasteiger partial charge in [0.25, 0.3) is 0 Å². The van der Waals surface area contributed by atoms with E-state index in [2.05, 4.69) is 10.6 Å². The molecule has 21 heavy (non-hydrogen) atoms. The fourth-order valence-corrected chi connectivity index (χ4v) is 2.95. The van der Waals surface area contributed by atoms with E-state index in [1.165, 1.54) is 0 Å². The third-order valence-corrected chi connectivity index (χ3v) is 4.12. The number of hydrogen-bond acceptors (Lipinski definition) is 4. The van der Waals surface area contributed by atoms with Crippen LogP contribution in [0.1, 0.15) is 12.0 Å². The second kappa shape index (κ2) is 5.73. The Morgan fingerprint density at radius 2 is 2.10 bits per heavy atom. The van der Waals surface area contributed by atoms with Crippen LogP contribution >= 0.6 is 0 Å². The molecule has 0 aliphatic carbocycles. The first-order valence-corrected chi connectivity index (χ1v) is 7.20. The maximum atomic E-state index is 12.4. The number of piperazine rings is 1. The van der Waals surface area contributed by atoms with E-state index in [1.807, 2.05) is 30.3 Å². The zero-order valence-corrected chi connectivity index (χ0v) is 11.8. The van der Waals surface area contributed by atoms with Gasteiger partial charge in [-0.05, 0) is 12.0 Å². The molecule has 2 aliphatic heterocycles. The van der Waals surface area contributed by atoms with E-state index in [0.29, 0.717) is 32.6 Å². The Kier molecular flexibility index (Phi) is 3.79. The zero-order valence-electron chi connectivity index (χ0n) is 11.8. The summed E-state index contributed by atoms with van der Waals surface area (Å²) in [5.74, 6) is -0.0913. The van der Waals surface area contributed by atoms with Gasteiger partial charge in [0, 0.05) is 26.2 Å². The molecule has 1 spiro atoms. The van der Waals surface area contributed by atoms with Crippen LogP contribution in [0.3, 0.4) is 0 Å². The van der Waals surface area contributed by atoms with Gasteiger partial charge in [-0.2, -0.15) is 0 Å². The molecule has 3 rings (SSSR count). The molecular formula is C15H19N3O3. The SMILES string of the molecule is O=C(OCc1ccccc1)N1CCNCC12CCNC2=O. The van der Waals surface area contributed by atoms with Crippen LogP contribution in [0, 0.1) is 0 Å². The minimum Gasteiger partial charge on any atom is -0.445 e. The summed E-state index contributed by atoms with van der Waals surface area (Å²) in [4.78, 5) is 26.1. The van der Waals surface area contributed by atoms with E-state index in [4.69, 9.17) is 4.74 Å². The summed E-state index contributed by atoms with van der Waals surface area (Å²) >= 11 is 0. The molecule has 1 aromatic rings. The van der Waals surface area contributed by atoms with Gasteiger partial charge in [-0.25, -0.2) is 4.79 Å². The van der Waals surface area contributed by atoms with E-state index in [0.717, 1.165) is 5.56 Å². The molecule has 6 nitrogen and oxygen atoms in total. The summed E-state index contributed by atoms with van der Waals surface area (Å²) in [6.45, 7) is 2.47. The number of rotatable bonds is 2. The number of ether oxygens (including phenoxy) is 1. The first kappa shape index (κ1) is 13.9. The average Bonchev–Trinajstić information content (AvgIpc) is 2.88. The number of benzene rings is 1. The predicted molar refractivity (Wildman–Crippen MR) is 76.6 cm³/mol. The van der Waals surface area contributed by atoms with Crippen molar-refractivity contribution in [1.29, 1.82) is 0 Å². The quantitative estimate of drug-likeness (QED) is 0.831. The van der Waals surface area contributed by atoms with Gasteiger partial charge in [-0.15, -0.1) is 0 Å². The molecule has 6 heteroatoms. The second-order valence-corrected chi connectivity index (χ2v) is 5.41. The smallest absolute Gasteiger partial charge is 0.411 e. The van der Waals surface area contributed by atoms with Gasteiger partial charge in [0.05, 0.1) is 0 Å². The van der Waals surface area contributed by atoms with Crippen LogP contribution in [0.2, 0.25) is 0 Å². The van der Waals surface area contributed by atoms with Crippen molar-refractivity contribution in [3.63, 3.8) is 0 Å². The molecule has 2 saturated heterocycles. The highest BCUT2D eigenvalue weighted by molar-refractivity contribution is 5.92. The standard InChI is InChI=1S/C15H19N3O3/c19-13-15(6-7-17-13)11-16-8-9-18(15)14(20)21-10-12-4-2-1-3-5-12/h1-5,16H,6-11H2,(H,17,19). The van der Waals surface area contributed by atoms with Crippen molar-refractivity contribution in [3.8, 4) is 0 Å². The van der Waals surface area contributed by atoms with Gasteiger partial charge in [-0.3, -0.25) is 9.69 Å². The highest BCUT2D eigenvalue weighted by atomic mass is 16.6. The largest absolute Gasteiger partial charge is 0.445 e. The van der Waals surface area contributed by atoms with Gasteiger partial charge in [-0.1, -0.05) is 30.3 Å². The van der Waals surface area contributed by atoms with Gasteiger partial charge in [0.15, 0.2) is 0 Å². The summed E-state index contributed by atoms with van der Waals surface area (Å²) in [7, 11) is 0. The van der Waals surface area contributed by atoms with Crippen LogP contribution < -0.4 is 10.6 Å². The Labute approximate surface area is 123 Å². The molecule has 2 aliphatic rings. The first-order chi connectivity index (χ1) is 10.2. The van der Waals surface area contributed by atoms with E-state index < -0.39 is 11.6 Å². The van der Waals surface area contributed by atoms with Gasteiger partial charge < -0.3 is 15.4 Å². The minimum atomic E-state index is -0.786. The van der Waals surface area contributed by atoms with Crippen LogP contribution in [0.4, 0.5) is 4.79 Å². The summed E-state index contributed by atoms with van der Waals surface area (Å²) in [5.41, 5.74) is 0.150. The van der Waals surface area contributed by atoms with Crippen LogP contribution in [-0.4, -0.2) is 48.6 Å². The van der Waals surface area contributed by atoms with E-state index in [1.54, 1.807) is 4.90 Å². The highest BCUT2D eigenvalue weighted by Gasteiger charge is 2.51. The van der Waals surface area contributed by atoms with E-state index >= 15 is 0 Å². The van der Waals surface area contributed by atoms with Crippen LogP contribution in [0.5, 0.6) is 0 Å². The van der Waals surface area contributed by atoms with Crippen molar-refractivity contribution >= 4 is 12.0 Å². The fourth-order valence-electron chi connectivity index (χ4n) is 2.95. The topological polar surface area (TPSA) is 70.7 Å². The lowest BCUT2D eigenvalue weighted by Gasteiger charge is -2.41. The number of amides is 2. The summed E-state index contributed by atoms with van der Waals surface area (Å²) in [6.07, 6.45) is 0.205.